The third-order valence-electron chi connectivity index (χ3n) is 7.81. The van der Waals surface area contributed by atoms with Crippen LogP contribution in [0.5, 0.6) is 0 Å². The van der Waals surface area contributed by atoms with Crippen LogP contribution in [0.1, 0.15) is 0 Å². The van der Waals surface area contributed by atoms with Crippen molar-refractivity contribution in [1.29, 1.82) is 0 Å². The third-order valence-corrected chi connectivity index (χ3v) is 9.01. The summed E-state index contributed by atoms with van der Waals surface area (Å²) in [4.78, 5) is 2.47. The van der Waals surface area contributed by atoms with Crippen LogP contribution in [-0.4, -0.2) is 0 Å². The number of rotatable bonds is 4. The first-order chi connectivity index (χ1) is 19.8. The van der Waals surface area contributed by atoms with Gasteiger partial charge in [0.2, 0.25) is 0 Å². The fraction of sp³-hybridized carbons (Fsp3) is 0. The second kappa shape index (κ2) is 9.37. The standard InChI is InChI=1S/C38H25NS/c1-2-13-27(14-3-1)31-17-8-10-20-34(31)39(30-23-22-26-12-4-5-15-28(26)24-30)35-25-29-16-6-7-18-32(29)37-33-19-9-11-21-36(33)40-38(35)37/h1-25H. The Hall–Kier alpha value is -4.92. The molecule has 0 unspecified atom stereocenters. The van der Waals surface area contributed by atoms with E-state index in [1.165, 1.54) is 58.5 Å². The Morgan fingerprint density at radius 1 is 0.450 bits per heavy atom. The van der Waals surface area contributed by atoms with Crippen LogP contribution >= 0.6 is 11.3 Å². The Kier molecular flexibility index (Phi) is 5.39. The summed E-state index contributed by atoms with van der Waals surface area (Å²) >= 11 is 1.88. The highest BCUT2D eigenvalue weighted by Crippen LogP contribution is 2.49. The molecule has 7 aromatic carbocycles. The molecule has 0 spiro atoms. The summed E-state index contributed by atoms with van der Waals surface area (Å²) in [5, 5.41) is 7.67. The van der Waals surface area contributed by atoms with E-state index in [4.69, 9.17) is 0 Å². The first-order valence-corrected chi connectivity index (χ1v) is 14.4. The second-order valence-electron chi connectivity index (χ2n) is 10.2. The van der Waals surface area contributed by atoms with Crippen molar-refractivity contribution in [3.05, 3.63) is 152 Å². The van der Waals surface area contributed by atoms with Crippen molar-refractivity contribution in [3.63, 3.8) is 0 Å². The molecule has 188 valence electrons. The quantitative estimate of drug-likeness (QED) is 0.220. The highest BCUT2D eigenvalue weighted by molar-refractivity contribution is 7.26. The number of thiophene rings is 1. The summed E-state index contributed by atoms with van der Waals surface area (Å²) in [6, 6.07) is 54.9. The van der Waals surface area contributed by atoms with E-state index in [-0.39, 0.29) is 0 Å². The molecular formula is C38H25NS. The van der Waals surface area contributed by atoms with Gasteiger partial charge in [-0.15, -0.1) is 11.3 Å². The minimum Gasteiger partial charge on any atom is -0.308 e. The normalized spacial score (nSPS) is 11.5. The maximum Gasteiger partial charge on any atom is 0.0647 e. The molecule has 0 aliphatic heterocycles. The molecule has 0 radical (unpaired) electrons. The van der Waals surface area contributed by atoms with Crippen molar-refractivity contribution in [1.82, 2.24) is 0 Å². The Balaban J connectivity index is 1.51. The molecule has 8 aromatic rings. The SMILES string of the molecule is c1ccc(-c2ccccc2N(c2ccc3ccccc3c2)c2cc3ccccc3c3c2sc2ccccc23)cc1. The number of hydrogen-bond acceptors (Lipinski definition) is 2. The second-order valence-corrected chi connectivity index (χ2v) is 11.2. The largest absolute Gasteiger partial charge is 0.308 e. The van der Waals surface area contributed by atoms with Crippen molar-refractivity contribution in [2.45, 2.75) is 0 Å². The number of nitrogens with zero attached hydrogens (tertiary/aromatic N) is 1. The number of hydrogen-bond donors (Lipinski definition) is 0. The molecule has 40 heavy (non-hydrogen) atoms. The summed E-state index contributed by atoms with van der Waals surface area (Å²) < 4.78 is 2.61. The highest BCUT2D eigenvalue weighted by Gasteiger charge is 2.22. The summed E-state index contributed by atoms with van der Waals surface area (Å²) in [7, 11) is 0. The predicted octanol–water partition coefficient (Wildman–Crippen LogP) is 11.5. The summed E-state index contributed by atoms with van der Waals surface area (Å²) in [5.41, 5.74) is 5.93. The van der Waals surface area contributed by atoms with Crippen LogP contribution in [0, 0.1) is 0 Å². The molecule has 0 amide bonds. The van der Waals surface area contributed by atoms with E-state index in [9.17, 15) is 0 Å². The molecule has 0 saturated heterocycles. The zero-order valence-electron chi connectivity index (χ0n) is 21.8. The monoisotopic (exact) mass is 527 g/mol. The number of fused-ring (bicyclic) bond motifs is 6. The molecule has 1 aromatic heterocycles. The summed E-state index contributed by atoms with van der Waals surface area (Å²) in [6.07, 6.45) is 0. The van der Waals surface area contributed by atoms with E-state index in [1.54, 1.807) is 0 Å². The smallest absolute Gasteiger partial charge is 0.0647 e. The highest BCUT2D eigenvalue weighted by atomic mass is 32.1. The molecule has 0 atom stereocenters. The summed E-state index contributed by atoms with van der Waals surface area (Å²) in [6.45, 7) is 0. The van der Waals surface area contributed by atoms with Crippen LogP contribution in [0.3, 0.4) is 0 Å². The average molecular weight is 528 g/mol. The zero-order chi connectivity index (χ0) is 26.5. The fourth-order valence-electron chi connectivity index (χ4n) is 5.98. The fourth-order valence-corrected chi connectivity index (χ4v) is 7.20. The van der Waals surface area contributed by atoms with Crippen molar-refractivity contribution in [2.75, 3.05) is 4.90 Å². The van der Waals surface area contributed by atoms with E-state index in [1.807, 2.05) is 11.3 Å². The first kappa shape index (κ1) is 23.0. The number of para-hydroxylation sites is 1. The van der Waals surface area contributed by atoms with E-state index in [0.717, 1.165) is 11.4 Å². The Morgan fingerprint density at radius 2 is 1.12 bits per heavy atom. The minimum absolute atomic E-state index is 1.15. The first-order valence-electron chi connectivity index (χ1n) is 13.6. The van der Waals surface area contributed by atoms with Crippen LogP contribution in [-0.2, 0) is 0 Å². The van der Waals surface area contributed by atoms with Gasteiger partial charge in [-0.05, 0) is 57.4 Å². The lowest BCUT2D eigenvalue weighted by Crippen LogP contribution is -2.11. The van der Waals surface area contributed by atoms with Crippen LogP contribution < -0.4 is 4.90 Å². The lowest BCUT2D eigenvalue weighted by molar-refractivity contribution is 1.31. The molecule has 0 fully saturated rings. The van der Waals surface area contributed by atoms with Gasteiger partial charge in [0.05, 0.1) is 16.1 Å². The molecule has 1 heterocycles. The molecular weight excluding hydrogens is 502 g/mol. The van der Waals surface area contributed by atoms with Gasteiger partial charge in [-0.2, -0.15) is 0 Å². The zero-order valence-corrected chi connectivity index (χ0v) is 22.6. The lowest BCUT2D eigenvalue weighted by Gasteiger charge is -2.29. The van der Waals surface area contributed by atoms with Gasteiger partial charge < -0.3 is 4.90 Å². The molecule has 0 saturated carbocycles. The maximum atomic E-state index is 2.47. The Bertz CT molecular complexity index is 2170. The van der Waals surface area contributed by atoms with Gasteiger partial charge in [0.15, 0.2) is 0 Å². The van der Waals surface area contributed by atoms with Crippen molar-refractivity contribution >= 4 is 70.1 Å². The van der Waals surface area contributed by atoms with Crippen LogP contribution in [0.4, 0.5) is 17.1 Å². The lowest BCUT2D eigenvalue weighted by atomic mass is 9.99. The molecule has 1 nitrogen and oxygen atoms in total. The average Bonchev–Trinajstić information content (AvgIpc) is 3.42. The van der Waals surface area contributed by atoms with E-state index in [2.05, 4.69) is 157 Å². The van der Waals surface area contributed by atoms with Crippen LogP contribution in [0.25, 0.3) is 52.8 Å². The van der Waals surface area contributed by atoms with E-state index < -0.39 is 0 Å². The van der Waals surface area contributed by atoms with Gasteiger partial charge in [0, 0.05) is 26.7 Å². The molecule has 0 aliphatic rings. The molecule has 2 heteroatoms. The van der Waals surface area contributed by atoms with Gasteiger partial charge in [0.25, 0.3) is 0 Å². The number of benzene rings is 7. The van der Waals surface area contributed by atoms with Gasteiger partial charge >= 0.3 is 0 Å². The molecule has 0 aliphatic carbocycles. The van der Waals surface area contributed by atoms with Crippen LogP contribution in [0.2, 0.25) is 0 Å². The van der Waals surface area contributed by atoms with Gasteiger partial charge in [-0.3, -0.25) is 0 Å². The van der Waals surface area contributed by atoms with Crippen molar-refractivity contribution in [3.8, 4) is 11.1 Å². The predicted molar refractivity (Wildman–Crippen MR) is 174 cm³/mol. The third kappa shape index (κ3) is 3.69. The van der Waals surface area contributed by atoms with Gasteiger partial charge in [-0.1, -0.05) is 121 Å². The summed E-state index contributed by atoms with van der Waals surface area (Å²) in [5.74, 6) is 0. The Labute approximate surface area is 237 Å². The van der Waals surface area contributed by atoms with Gasteiger partial charge in [-0.25, -0.2) is 0 Å². The molecule has 0 bridgehead atoms. The van der Waals surface area contributed by atoms with Crippen LogP contribution in [0.15, 0.2) is 152 Å². The van der Waals surface area contributed by atoms with E-state index >= 15 is 0 Å². The maximum absolute atomic E-state index is 2.47. The Morgan fingerprint density at radius 3 is 2.00 bits per heavy atom. The minimum atomic E-state index is 1.15. The topological polar surface area (TPSA) is 3.24 Å². The molecule has 0 N–H and O–H groups in total. The van der Waals surface area contributed by atoms with Crippen molar-refractivity contribution < 1.29 is 0 Å². The molecule has 8 rings (SSSR count). The van der Waals surface area contributed by atoms with Crippen molar-refractivity contribution in [2.24, 2.45) is 0 Å². The van der Waals surface area contributed by atoms with E-state index in [0.29, 0.717) is 0 Å². The number of anilines is 3. The van der Waals surface area contributed by atoms with Gasteiger partial charge in [0.1, 0.15) is 0 Å².